The lowest BCUT2D eigenvalue weighted by Gasteiger charge is -2.27. The first kappa shape index (κ1) is 15.9. The molecule has 0 bridgehead atoms. The van der Waals surface area contributed by atoms with Crippen molar-refractivity contribution in [3.8, 4) is 0 Å². The molecule has 0 aliphatic heterocycles. The Morgan fingerprint density at radius 3 is 2.43 bits per heavy atom. The molecule has 112 valence electrons. The Labute approximate surface area is 128 Å². The summed E-state index contributed by atoms with van der Waals surface area (Å²) in [5, 5.41) is 0.660. The van der Waals surface area contributed by atoms with E-state index in [1.54, 1.807) is 12.1 Å². The van der Waals surface area contributed by atoms with E-state index in [0.29, 0.717) is 11.6 Å². The molecule has 1 unspecified atom stereocenters. The molecule has 0 amide bonds. The first-order valence-electron chi connectivity index (χ1n) is 6.61. The van der Waals surface area contributed by atoms with E-state index < -0.39 is 17.7 Å². The van der Waals surface area contributed by atoms with Crippen LogP contribution >= 0.6 is 11.6 Å². The second-order valence-corrected chi connectivity index (χ2v) is 5.40. The largest absolute Gasteiger partial charge is 0.329 e. The summed E-state index contributed by atoms with van der Waals surface area (Å²) in [7, 11) is 1.83. The number of benzene rings is 2. The molecule has 0 aliphatic carbocycles. The van der Waals surface area contributed by atoms with Crippen molar-refractivity contribution in [3.05, 3.63) is 70.2 Å². The number of hydrogen-bond acceptors (Lipinski definition) is 2. The molecule has 0 saturated carbocycles. The summed E-state index contributed by atoms with van der Waals surface area (Å²) in [6, 6.07) is 10.4. The Morgan fingerprint density at radius 2 is 1.81 bits per heavy atom. The molecule has 2 N–H and O–H groups in total. The molecule has 0 aromatic heterocycles. The maximum Gasteiger partial charge on any atom is 0.128 e. The van der Waals surface area contributed by atoms with Crippen LogP contribution in [-0.2, 0) is 6.54 Å². The van der Waals surface area contributed by atoms with Gasteiger partial charge in [0.05, 0.1) is 6.04 Å². The summed E-state index contributed by atoms with van der Waals surface area (Å²) < 4.78 is 27.2. The van der Waals surface area contributed by atoms with Crippen molar-refractivity contribution in [2.45, 2.75) is 12.6 Å². The predicted octanol–water partition coefficient (Wildman–Crippen LogP) is 3.75. The van der Waals surface area contributed by atoms with Crippen LogP contribution in [0.1, 0.15) is 17.2 Å². The monoisotopic (exact) mass is 310 g/mol. The highest BCUT2D eigenvalue weighted by molar-refractivity contribution is 6.30. The quantitative estimate of drug-likeness (QED) is 0.911. The summed E-state index contributed by atoms with van der Waals surface area (Å²) in [6.45, 7) is 0.763. The van der Waals surface area contributed by atoms with Gasteiger partial charge in [-0.15, -0.1) is 0 Å². The Kier molecular flexibility index (Phi) is 5.28. The third-order valence-corrected chi connectivity index (χ3v) is 3.67. The molecule has 0 saturated heterocycles. The molecule has 21 heavy (non-hydrogen) atoms. The van der Waals surface area contributed by atoms with E-state index >= 15 is 0 Å². The molecule has 5 heteroatoms. The molecule has 0 heterocycles. The third-order valence-electron chi connectivity index (χ3n) is 3.42. The van der Waals surface area contributed by atoms with Crippen molar-refractivity contribution < 1.29 is 8.78 Å². The molecule has 2 aromatic rings. The number of rotatable bonds is 5. The molecule has 2 aromatic carbocycles. The molecule has 0 aliphatic rings. The van der Waals surface area contributed by atoms with Gasteiger partial charge >= 0.3 is 0 Å². The second kappa shape index (κ2) is 6.98. The van der Waals surface area contributed by atoms with Crippen LogP contribution < -0.4 is 5.73 Å². The predicted molar refractivity (Wildman–Crippen MR) is 81.1 cm³/mol. The number of nitrogens with zero attached hydrogens (tertiary/aromatic N) is 1. The zero-order valence-electron chi connectivity index (χ0n) is 11.7. The standard InChI is InChI=1S/C16H17ClF2N2/c1-21(10-11-2-4-12(17)5-3-11)16(9-20)14-8-13(18)6-7-15(14)19/h2-8,16H,9-10,20H2,1H3. The first-order valence-corrected chi connectivity index (χ1v) is 6.98. The number of likely N-dealkylation sites (N-methyl/N-ethyl adjacent to an activating group) is 1. The van der Waals surface area contributed by atoms with E-state index in [0.717, 1.165) is 17.7 Å². The smallest absolute Gasteiger partial charge is 0.128 e. The van der Waals surface area contributed by atoms with Gasteiger partial charge in [0.25, 0.3) is 0 Å². The van der Waals surface area contributed by atoms with E-state index in [1.807, 2.05) is 24.1 Å². The molecule has 0 fully saturated rings. The number of nitrogens with two attached hydrogens (primary N) is 1. The average molecular weight is 311 g/mol. The average Bonchev–Trinajstić information content (AvgIpc) is 2.46. The Bertz CT molecular complexity index is 602. The van der Waals surface area contributed by atoms with Gasteiger partial charge in [-0.1, -0.05) is 23.7 Å². The molecule has 2 nitrogen and oxygen atoms in total. The summed E-state index contributed by atoms with van der Waals surface area (Å²) in [5.41, 5.74) is 7.05. The number of hydrogen-bond donors (Lipinski definition) is 1. The Hall–Kier alpha value is -1.49. The van der Waals surface area contributed by atoms with Crippen LogP contribution in [0.4, 0.5) is 8.78 Å². The highest BCUT2D eigenvalue weighted by Crippen LogP contribution is 2.24. The fourth-order valence-electron chi connectivity index (χ4n) is 2.30. The van der Waals surface area contributed by atoms with Crippen molar-refractivity contribution >= 4 is 11.6 Å². The van der Waals surface area contributed by atoms with E-state index in [4.69, 9.17) is 17.3 Å². The van der Waals surface area contributed by atoms with Crippen LogP contribution in [-0.4, -0.2) is 18.5 Å². The normalized spacial score (nSPS) is 12.7. The Balaban J connectivity index is 2.20. The van der Waals surface area contributed by atoms with E-state index in [1.165, 1.54) is 6.07 Å². The van der Waals surface area contributed by atoms with Crippen molar-refractivity contribution in [1.82, 2.24) is 4.90 Å². The lowest BCUT2D eigenvalue weighted by atomic mass is 10.0. The van der Waals surface area contributed by atoms with Gasteiger partial charge in [0, 0.05) is 23.7 Å². The summed E-state index contributed by atoms with van der Waals surface area (Å²) in [4.78, 5) is 1.89. The van der Waals surface area contributed by atoms with Crippen molar-refractivity contribution in [3.63, 3.8) is 0 Å². The van der Waals surface area contributed by atoms with Crippen LogP contribution in [0.25, 0.3) is 0 Å². The molecule has 0 radical (unpaired) electrons. The molecule has 0 spiro atoms. The summed E-state index contributed by atoms with van der Waals surface area (Å²) >= 11 is 5.85. The lowest BCUT2D eigenvalue weighted by Crippen LogP contribution is -2.31. The molecular weight excluding hydrogens is 294 g/mol. The Morgan fingerprint density at radius 1 is 1.14 bits per heavy atom. The van der Waals surface area contributed by atoms with Gasteiger partial charge in [0.15, 0.2) is 0 Å². The number of halogens is 3. The van der Waals surface area contributed by atoms with Crippen LogP contribution in [0.2, 0.25) is 5.02 Å². The summed E-state index contributed by atoms with van der Waals surface area (Å²) in [6.07, 6.45) is 0. The fourth-order valence-corrected chi connectivity index (χ4v) is 2.43. The lowest BCUT2D eigenvalue weighted by molar-refractivity contribution is 0.236. The van der Waals surface area contributed by atoms with Crippen molar-refractivity contribution in [1.29, 1.82) is 0 Å². The van der Waals surface area contributed by atoms with Gasteiger partial charge in [0.1, 0.15) is 11.6 Å². The zero-order valence-corrected chi connectivity index (χ0v) is 12.4. The van der Waals surface area contributed by atoms with Crippen molar-refractivity contribution in [2.24, 2.45) is 5.73 Å². The molecular formula is C16H17ClF2N2. The minimum atomic E-state index is -0.468. The maximum atomic E-state index is 13.9. The van der Waals surface area contributed by atoms with Gasteiger partial charge in [0.2, 0.25) is 0 Å². The van der Waals surface area contributed by atoms with E-state index in [-0.39, 0.29) is 12.1 Å². The van der Waals surface area contributed by atoms with E-state index in [9.17, 15) is 8.78 Å². The van der Waals surface area contributed by atoms with Crippen LogP contribution in [0, 0.1) is 11.6 Å². The van der Waals surface area contributed by atoms with Gasteiger partial charge in [-0.3, -0.25) is 4.90 Å². The van der Waals surface area contributed by atoms with Crippen LogP contribution in [0.3, 0.4) is 0 Å². The first-order chi connectivity index (χ1) is 10.0. The molecule has 2 rings (SSSR count). The van der Waals surface area contributed by atoms with Gasteiger partial charge in [-0.2, -0.15) is 0 Å². The van der Waals surface area contributed by atoms with Gasteiger partial charge < -0.3 is 5.73 Å². The highest BCUT2D eigenvalue weighted by Gasteiger charge is 2.20. The minimum Gasteiger partial charge on any atom is -0.329 e. The van der Waals surface area contributed by atoms with E-state index in [2.05, 4.69) is 0 Å². The van der Waals surface area contributed by atoms with Gasteiger partial charge in [-0.25, -0.2) is 8.78 Å². The SMILES string of the molecule is CN(Cc1ccc(Cl)cc1)C(CN)c1cc(F)ccc1F. The minimum absolute atomic E-state index is 0.199. The molecule has 1 atom stereocenters. The van der Waals surface area contributed by atoms with Crippen molar-refractivity contribution in [2.75, 3.05) is 13.6 Å². The summed E-state index contributed by atoms with van der Waals surface area (Å²) in [5.74, 6) is -0.917. The third kappa shape index (κ3) is 4.00. The maximum absolute atomic E-state index is 13.9. The second-order valence-electron chi connectivity index (χ2n) is 4.96. The fraction of sp³-hybridized carbons (Fsp3) is 0.250. The topological polar surface area (TPSA) is 29.3 Å². The van der Waals surface area contributed by atoms with Gasteiger partial charge in [-0.05, 0) is 42.9 Å². The van der Waals surface area contributed by atoms with Crippen LogP contribution in [0.15, 0.2) is 42.5 Å². The van der Waals surface area contributed by atoms with Crippen LogP contribution in [0.5, 0.6) is 0 Å². The zero-order chi connectivity index (χ0) is 15.4. The highest BCUT2D eigenvalue weighted by atomic mass is 35.5.